The smallest absolute Gasteiger partial charge is 0.279 e. The lowest BCUT2D eigenvalue weighted by atomic mass is 10.1. The third-order valence-electron chi connectivity index (χ3n) is 4.00. The molecule has 1 atom stereocenters. The van der Waals surface area contributed by atoms with Crippen LogP contribution in [-0.2, 0) is 11.3 Å². The molecule has 0 saturated heterocycles. The van der Waals surface area contributed by atoms with E-state index in [1.54, 1.807) is 18.2 Å². The number of carbonyl (C=O) groups excluding carboxylic acids is 2. The second-order valence-corrected chi connectivity index (χ2v) is 6.52. The Balaban J connectivity index is 1.93. The number of hydrogen-bond acceptors (Lipinski definition) is 3. The van der Waals surface area contributed by atoms with Crippen molar-refractivity contribution in [2.24, 2.45) is 0 Å². The summed E-state index contributed by atoms with van der Waals surface area (Å²) in [5, 5.41) is 2.85. The van der Waals surface area contributed by atoms with E-state index in [1.165, 1.54) is 12.5 Å². The molecule has 0 aromatic heterocycles. The Morgan fingerprint density at radius 2 is 1.68 bits per heavy atom. The number of nitrogens with zero attached hydrogens (tertiary/aromatic N) is 1. The highest BCUT2D eigenvalue weighted by Gasteiger charge is 2.14. The molecule has 0 spiro atoms. The maximum atomic E-state index is 12.3. The molecule has 2 aromatic carbocycles. The fourth-order valence-corrected chi connectivity index (χ4v) is 2.69. The SMILES string of the molecule is CC(=O)c1ccccc1NC(=O)C[NH+](C)Cc1ccc(N(C)C)cc1. The van der Waals surface area contributed by atoms with Gasteiger partial charge in [-0.3, -0.25) is 9.59 Å². The molecule has 2 rings (SSSR count). The molecule has 5 nitrogen and oxygen atoms in total. The van der Waals surface area contributed by atoms with Crippen LogP contribution in [0.3, 0.4) is 0 Å². The summed E-state index contributed by atoms with van der Waals surface area (Å²) >= 11 is 0. The molecule has 0 aliphatic carbocycles. The summed E-state index contributed by atoms with van der Waals surface area (Å²) in [6.07, 6.45) is 0. The largest absolute Gasteiger partial charge is 0.378 e. The van der Waals surface area contributed by atoms with Crippen LogP contribution in [0.4, 0.5) is 11.4 Å². The molecule has 1 unspecified atom stereocenters. The zero-order valence-corrected chi connectivity index (χ0v) is 15.3. The Kier molecular flexibility index (Phi) is 6.31. The molecular formula is C20H26N3O2+. The van der Waals surface area contributed by atoms with Crippen molar-refractivity contribution in [1.29, 1.82) is 0 Å². The maximum Gasteiger partial charge on any atom is 0.279 e. The standard InChI is InChI=1S/C20H25N3O2/c1-15(24)18-7-5-6-8-19(18)21-20(25)14-23(4)13-16-9-11-17(12-10-16)22(2)3/h5-12H,13-14H2,1-4H3,(H,21,25)/p+1. The molecule has 2 N–H and O–H groups in total. The van der Waals surface area contributed by atoms with Crippen molar-refractivity contribution in [3.63, 3.8) is 0 Å². The van der Waals surface area contributed by atoms with E-state index in [2.05, 4.69) is 34.5 Å². The number of hydrogen-bond donors (Lipinski definition) is 2. The van der Waals surface area contributed by atoms with E-state index in [-0.39, 0.29) is 11.7 Å². The van der Waals surface area contributed by atoms with E-state index in [4.69, 9.17) is 0 Å². The summed E-state index contributed by atoms with van der Waals surface area (Å²) in [4.78, 5) is 27.0. The van der Waals surface area contributed by atoms with Crippen molar-refractivity contribution in [3.05, 3.63) is 59.7 Å². The van der Waals surface area contributed by atoms with E-state index in [0.29, 0.717) is 17.8 Å². The number of quaternary nitrogens is 1. The second kappa shape index (κ2) is 8.44. The zero-order valence-electron chi connectivity index (χ0n) is 15.3. The number of nitrogens with one attached hydrogen (secondary N) is 2. The molecule has 0 aliphatic heterocycles. The fraction of sp³-hybridized carbons (Fsp3) is 0.300. The fourth-order valence-electron chi connectivity index (χ4n) is 2.69. The van der Waals surface area contributed by atoms with Crippen LogP contribution in [0.1, 0.15) is 22.8 Å². The summed E-state index contributed by atoms with van der Waals surface area (Å²) in [5.41, 5.74) is 3.44. The van der Waals surface area contributed by atoms with Crippen LogP contribution in [0.5, 0.6) is 0 Å². The predicted octanol–water partition coefficient (Wildman–Crippen LogP) is 1.61. The average molecular weight is 340 g/mol. The van der Waals surface area contributed by atoms with Crippen molar-refractivity contribution in [3.8, 4) is 0 Å². The third-order valence-corrected chi connectivity index (χ3v) is 4.00. The molecule has 5 heteroatoms. The molecule has 0 bridgehead atoms. The van der Waals surface area contributed by atoms with Crippen LogP contribution in [0.2, 0.25) is 0 Å². The number of rotatable bonds is 7. The number of Topliss-reactive ketones (excluding diaryl/α,β-unsaturated/α-hetero) is 1. The van der Waals surface area contributed by atoms with Crippen molar-refractivity contribution in [2.45, 2.75) is 13.5 Å². The predicted molar refractivity (Wildman–Crippen MR) is 101 cm³/mol. The Morgan fingerprint density at radius 3 is 2.28 bits per heavy atom. The Labute approximate surface area is 149 Å². The van der Waals surface area contributed by atoms with Gasteiger partial charge >= 0.3 is 0 Å². The van der Waals surface area contributed by atoms with Gasteiger partial charge in [-0.25, -0.2) is 0 Å². The Morgan fingerprint density at radius 1 is 1.04 bits per heavy atom. The lowest BCUT2D eigenvalue weighted by Crippen LogP contribution is -3.08. The molecule has 1 amide bonds. The van der Waals surface area contributed by atoms with E-state index in [1.807, 2.05) is 27.2 Å². The van der Waals surface area contributed by atoms with Crippen molar-refractivity contribution < 1.29 is 14.5 Å². The van der Waals surface area contributed by atoms with E-state index < -0.39 is 0 Å². The van der Waals surface area contributed by atoms with Crippen LogP contribution in [0.25, 0.3) is 0 Å². The third kappa shape index (κ3) is 5.43. The minimum absolute atomic E-state index is 0.0578. The summed E-state index contributed by atoms with van der Waals surface area (Å²) < 4.78 is 0. The lowest BCUT2D eigenvalue weighted by Gasteiger charge is -2.16. The first-order chi connectivity index (χ1) is 11.9. The van der Waals surface area contributed by atoms with Gasteiger partial charge in [0.05, 0.1) is 12.7 Å². The molecule has 132 valence electrons. The van der Waals surface area contributed by atoms with Crippen molar-refractivity contribution in [2.75, 3.05) is 37.9 Å². The summed E-state index contributed by atoms with van der Waals surface area (Å²) in [7, 11) is 6.00. The number of benzene rings is 2. The highest BCUT2D eigenvalue weighted by atomic mass is 16.2. The lowest BCUT2D eigenvalue weighted by molar-refractivity contribution is -0.885. The maximum absolute atomic E-state index is 12.3. The number of likely N-dealkylation sites (N-methyl/N-ethyl adjacent to an activating group) is 1. The summed E-state index contributed by atoms with van der Waals surface area (Å²) in [6.45, 7) is 2.59. The van der Waals surface area contributed by atoms with Crippen molar-refractivity contribution >= 4 is 23.1 Å². The van der Waals surface area contributed by atoms with E-state index in [0.717, 1.165) is 17.1 Å². The van der Waals surface area contributed by atoms with Crippen LogP contribution >= 0.6 is 0 Å². The molecular weight excluding hydrogens is 314 g/mol. The number of carbonyl (C=O) groups is 2. The molecule has 0 heterocycles. The highest BCUT2D eigenvalue weighted by Crippen LogP contribution is 2.15. The van der Waals surface area contributed by atoms with Crippen LogP contribution in [-0.4, -0.2) is 39.4 Å². The molecule has 0 aliphatic rings. The zero-order chi connectivity index (χ0) is 18.4. The summed E-state index contributed by atoms with van der Waals surface area (Å²) in [5.74, 6) is -0.159. The van der Waals surface area contributed by atoms with Crippen LogP contribution in [0, 0.1) is 0 Å². The van der Waals surface area contributed by atoms with Gasteiger partial charge in [-0.15, -0.1) is 0 Å². The Hall–Kier alpha value is -2.66. The quantitative estimate of drug-likeness (QED) is 0.753. The molecule has 25 heavy (non-hydrogen) atoms. The van der Waals surface area contributed by atoms with Gasteiger partial charge in [-0.2, -0.15) is 0 Å². The van der Waals surface area contributed by atoms with Crippen LogP contribution < -0.4 is 15.1 Å². The molecule has 0 fully saturated rings. The van der Waals surface area contributed by atoms with Crippen LogP contribution in [0.15, 0.2) is 48.5 Å². The van der Waals surface area contributed by atoms with Gasteiger partial charge in [0.1, 0.15) is 6.54 Å². The van der Waals surface area contributed by atoms with Gasteiger partial charge in [0.15, 0.2) is 12.3 Å². The van der Waals surface area contributed by atoms with Gasteiger partial charge < -0.3 is 15.1 Å². The topological polar surface area (TPSA) is 53.9 Å². The normalized spacial score (nSPS) is 11.7. The van der Waals surface area contributed by atoms with Crippen molar-refractivity contribution in [1.82, 2.24) is 0 Å². The van der Waals surface area contributed by atoms with E-state index in [9.17, 15) is 9.59 Å². The molecule has 2 aromatic rings. The average Bonchev–Trinajstić information content (AvgIpc) is 2.55. The number of amides is 1. The minimum atomic E-state index is -0.101. The number of ketones is 1. The van der Waals surface area contributed by atoms with Gasteiger partial charge in [0, 0.05) is 30.9 Å². The minimum Gasteiger partial charge on any atom is -0.378 e. The Bertz CT molecular complexity index is 739. The van der Waals surface area contributed by atoms with Gasteiger partial charge in [0.2, 0.25) is 0 Å². The van der Waals surface area contributed by atoms with Gasteiger partial charge in [-0.05, 0) is 31.2 Å². The van der Waals surface area contributed by atoms with Gasteiger partial charge in [-0.1, -0.05) is 24.3 Å². The summed E-state index contributed by atoms with van der Waals surface area (Å²) in [6, 6.07) is 15.4. The second-order valence-electron chi connectivity index (χ2n) is 6.52. The first-order valence-electron chi connectivity index (χ1n) is 8.34. The number of anilines is 2. The molecule has 0 radical (unpaired) electrons. The highest BCUT2D eigenvalue weighted by molar-refractivity contribution is 6.03. The molecule has 0 saturated carbocycles. The number of para-hydroxylation sites is 1. The van der Waals surface area contributed by atoms with Gasteiger partial charge in [0.25, 0.3) is 5.91 Å². The first kappa shape index (κ1) is 18.7. The first-order valence-corrected chi connectivity index (χ1v) is 8.34. The monoisotopic (exact) mass is 340 g/mol. The van der Waals surface area contributed by atoms with E-state index >= 15 is 0 Å².